The van der Waals surface area contributed by atoms with Crippen LogP contribution in [-0.4, -0.2) is 4.98 Å². The van der Waals surface area contributed by atoms with E-state index in [1.54, 1.807) is 0 Å². The van der Waals surface area contributed by atoms with Crippen LogP contribution in [0.1, 0.15) is 88.5 Å². The van der Waals surface area contributed by atoms with Crippen LogP contribution in [0, 0.1) is 24.7 Å². The molecule has 0 unspecified atom stereocenters. The third-order valence-corrected chi connectivity index (χ3v) is 8.90. The summed E-state index contributed by atoms with van der Waals surface area (Å²) in [6, 6.07) is 13.7. The van der Waals surface area contributed by atoms with Gasteiger partial charge in [-0.3, -0.25) is 0 Å². The smallest absolute Gasteiger partial charge is 0.294 e. The third kappa shape index (κ3) is 4.11. The van der Waals surface area contributed by atoms with E-state index >= 15 is 0 Å². The number of rotatable bonds is 2. The van der Waals surface area contributed by atoms with Gasteiger partial charge in [0, 0.05) is 11.5 Å². The molecule has 6 rings (SSSR count). The highest BCUT2D eigenvalue weighted by Crippen LogP contribution is 2.49. The van der Waals surface area contributed by atoms with E-state index in [9.17, 15) is 0 Å². The number of fused-ring (bicyclic) bond motifs is 3. The molecule has 192 valence electrons. The van der Waals surface area contributed by atoms with Gasteiger partial charge in [0.15, 0.2) is 0 Å². The van der Waals surface area contributed by atoms with Gasteiger partial charge in [0.05, 0.1) is 5.56 Å². The van der Waals surface area contributed by atoms with E-state index in [0.717, 1.165) is 29.3 Å². The fraction of sp³-hybridized carbons (Fsp3) is 0.471. The standard InChI is InChI=1S/C34H41N2O/c1-20-16-24-17-22(19-33(3,4)5)18-27-29(24)28(21(20)2)31-32(37-27)35-30-25(10-9-11-26(30)36(31)8)23-12-14-34(6,7)15-13-23/h9-11,16-18,23H,12-15,19H2,1-8H3/q+1. The number of hydrogen-bond donors (Lipinski definition) is 0. The van der Waals surface area contributed by atoms with Gasteiger partial charge < -0.3 is 4.74 Å². The van der Waals surface area contributed by atoms with Crippen molar-refractivity contribution in [1.29, 1.82) is 0 Å². The first-order chi connectivity index (χ1) is 17.4. The summed E-state index contributed by atoms with van der Waals surface area (Å²) in [7, 11) is 2.19. The molecule has 0 amide bonds. The number of hydrogen-bond acceptors (Lipinski definition) is 2. The molecule has 1 saturated carbocycles. The summed E-state index contributed by atoms with van der Waals surface area (Å²) in [6.45, 7) is 16.2. The summed E-state index contributed by atoms with van der Waals surface area (Å²) in [6.07, 6.45) is 6.01. The van der Waals surface area contributed by atoms with Gasteiger partial charge in [0.25, 0.3) is 11.6 Å². The van der Waals surface area contributed by atoms with Crippen LogP contribution in [-0.2, 0) is 13.5 Å². The molecule has 0 atom stereocenters. The molecule has 0 N–H and O–H groups in total. The second-order valence-electron chi connectivity index (χ2n) is 13.7. The van der Waals surface area contributed by atoms with E-state index in [1.807, 2.05) is 0 Å². The molecule has 2 aliphatic rings. The van der Waals surface area contributed by atoms with Gasteiger partial charge in [-0.15, -0.1) is 0 Å². The minimum atomic E-state index is 0.208. The fourth-order valence-corrected chi connectivity index (χ4v) is 6.74. The van der Waals surface area contributed by atoms with Crippen molar-refractivity contribution in [3.63, 3.8) is 0 Å². The lowest BCUT2D eigenvalue weighted by Gasteiger charge is -2.34. The molecule has 1 aliphatic carbocycles. The highest BCUT2D eigenvalue weighted by Gasteiger charge is 2.35. The van der Waals surface area contributed by atoms with Crippen LogP contribution >= 0.6 is 0 Å². The maximum Gasteiger partial charge on any atom is 0.294 e. The number of aromatic nitrogens is 2. The summed E-state index contributed by atoms with van der Waals surface area (Å²) >= 11 is 0. The highest BCUT2D eigenvalue weighted by molar-refractivity contribution is 6.05. The molecule has 2 heterocycles. The Balaban J connectivity index is 1.58. The van der Waals surface area contributed by atoms with Gasteiger partial charge in [-0.05, 0) is 96.4 Å². The largest absolute Gasteiger partial charge is 0.433 e. The predicted molar refractivity (Wildman–Crippen MR) is 154 cm³/mol. The molecule has 0 radical (unpaired) electrons. The zero-order valence-corrected chi connectivity index (χ0v) is 23.9. The minimum absolute atomic E-state index is 0.208. The van der Waals surface area contributed by atoms with Crippen LogP contribution in [0.4, 0.5) is 0 Å². The Morgan fingerprint density at radius 3 is 2.49 bits per heavy atom. The fourth-order valence-electron chi connectivity index (χ4n) is 6.74. The normalized spacial score (nSPS) is 17.2. The van der Waals surface area contributed by atoms with Gasteiger partial charge in [-0.25, -0.2) is 4.98 Å². The Morgan fingerprint density at radius 1 is 1.05 bits per heavy atom. The van der Waals surface area contributed by atoms with Crippen molar-refractivity contribution in [2.75, 3.05) is 0 Å². The maximum absolute atomic E-state index is 6.73. The highest BCUT2D eigenvalue weighted by atomic mass is 16.5. The third-order valence-electron chi connectivity index (χ3n) is 8.90. The van der Waals surface area contributed by atoms with Gasteiger partial charge in [0.1, 0.15) is 18.3 Å². The van der Waals surface area contributed by atoms with Gasteiger partial charge in [0.2, 0.25) is 5.52 Å². The first kappa shape index (κ1) is 24.4. The zero-order chi connectivity index (χ0) is 26.3. The number of ether oxygens (including phenoxy) is 1. The molecule has 0 saturated heterocycles. The molecule has 0 spiro atoms. The summed E-state index contributed by atoms with van der Waals surface area (Å²) < 4.78 is 9.07. The summed E-state index contributed by atoms with van der Waals surface area (Å²) in [5, 5.41) is 2.48. The van der Waals surface area contributed by atoms with E-state index in [1.165, 1.54) is 69.8 Å². The molecule has 1 fully saturated rings. The van der Waals surface area contributed by atoms with Crippen LogP contribution < -0.4 is 9.30 Å². The van der Waals surface area contributed by atoms with Crippen molar-refractivity contribution in [2.24, 2.45) is 17.9 Å². The lowest BCUT2D eigenvalue weighted by atomic mass is 9.71. The minimum Gasteiger partial charge on any atom is -0.433 e. The number of aryl methyl sites for hydroxylation is 2. The number of benzene rings is 3. The second-order valence-corrected chi connectivity index (χ2v) is 13.7. The van der Waals surface area contributed by atoms with Crippen LogP contribution in [0.15, 0.2) is 36.4 Å². The molecular weight excluding hydrogens is 452 g/mol. The first-order valence-electron chi connectivity index (χ1n) is 14.0. The van der Waals surface area contributed by atoms with Crippen molar-refractivity contribution in [1.82, 2.24) is 4.98 Å². The molecule has 3 aromatic carbocycles. The lowest BCUT2D eigenvalue weighted by molar-refractivity contribution is -0.634. The van der Waals surface area contributed by atoms with E-state index < -0.39 is 0 Å². The van der Waals surface area contributed by atoms with Crippen molar-refractivity contribution in [2.45, 2.75) is 86.5 Å². The Hall–Kier alpha value is -2.94. The molecule has 37 heavy (non-hydrogen) atoms. The zero-order valence-electron chi connectivity index (χ0n) is 23.9. The quantitative estimate of drug-likeness (QED) is 0.230. The molecule has 3 nitrogen and oxygen atoms in total. The average molecular weight is 494 g/mol. The van der Waals surface area contributed by atoms with Crippen LogP contribution in [0.5, 0.6) is 11.6 Å². The van der Waals surface area contributed by atoms with E-state index in [0.29, 0.717) is 11.3 Å². The van der Waals surface area contributed by atoms with Crippen LogP contribution in [0.25, 0.3) is 33.1 Å². The Morgan fingerprint density at radius 2 is 1.78 bits per heavy atom. The first-order valence-corrected chi connectivity index (χ1v) is 14.0. The van der Waals surface area contributed by atoms with Crippen molar-refractivity contribution in [3.8, 4) is 22.9 Å². The second kappa shape index (κ2) is 8.28. The van der Waals surface area contributed by atoms with E-state index in [-0.39, 0.29) is 5.41 Å². The van der Waals surface area contributed by atoms with Crippen LogP contribution in [0.3, 0.4) is 0 Å². The summed E-state index contributed by atoms with van der Waals surface area (Å²) in [4.78, 5) is 5.31. The van der Waals surface area contributed by atoms with Crippen molar-refractivity contribution < 1.29 is 9.30 Å². The van der Waals surface area contributed by atoms with Gasteiger partial charge >= 0.3 is 0 Å². The van der Waals surface area contributed by atoms with E-state index in [2.05, 4.69) is 96.5 Å². The van der Waals surface area contributed by atoms with Gasteiger partial charge in [-0.2, -0.15) is 4.57 Å². The lowest BCUT2D eigenvalue weighted by Crippen LogP contribution is -2.35. The van der Waals surface area contributed by atoms with Crippen molar-refractivity contribution in [3.05, 3.63) is 58.7 Å². The average Bonchev–Trinajstić information content (AvgIpc) is 2.80. The number of para-hydroxylation sites is 1. The summed E-state index contributed by atoms with van der Waals surface area (Å²) in [5.74, 6) is 2.25. The summed E-state index contributed by atoms with van der Waals surface area (Å²) in [5.41, 5.74) is 10.6. The van der Waals surface area contributed by atoms with Gasteiger partial charge in [-0.1, -0.05) is 58.9 Å². The molecule has 4 aromatic rings. The van der Waals surface area contributed by atoms with Crippen LogP contribution in [0.2, 0.25) is 0 Å². The Bertz CT molecular complexity index is 1560. The SMILES string of the molecule is Cc1cc2cc(CC(C)(C)C)cc3c2c(c1C)-c1c(nc2c(C4CCC(C)(C)CC4)cccc2[n+]1C)O3. The molecule has 1 aliphatic heterocycles. The molecule has 1 aromatic heterocycles. The topological polar surface area (TPSA) is 26.0 Å². The monoisotopic (exact) mass is 493 g/mol. The maximum atomic E-state index is 6.73. The number of nitrogens with zero attached hydrogens (tertiary/aromatic N) is 2. The Labute approximate surface area is 221 Å². The van der Waals surface area contributed by atoms with Crippen molar-refractivity contribution >= 4 is 21.8 Å². The molecule has 0 bridgehead atoms. The molecular formula is C34H41N2O+. The van der Waals surface area contributed by atoms with E-state index in [4.69, 9.17) is 9.72 Å². The molecule has 3 heteroatoms. The Kier molecular flexibility index (Phi) is 5.46. The predicted octanol–water partition coefficient (Wildman–Crippen LogP) is 8.87.